The van der Waals surface area contributed by atoms with Crippen LogP contribution in [0.4, 0.5) is 10.5 Å². The number of nitrogens with one attached hydrogen (secondary N) is 2. The van der Waals surface area contributed by atoms with Crippen molar-refractivity contribution in [3.8, 4) is 0 Å². The van der Waals surface area contributed by atoms with Crippen LogP contribution < -0.4 is 10.6 Å². The Hall–Kier alpha value is -2.90. The molecule has 2 fully saturated rings. The van der Waals surface area contributed by atoms with Gasteiger partial charge in [0, 0.05) is 18.7 Å². The van der Waals surface area contributed by atoms with Gasteiger partial charge in [0.05, 0.1) is 0 Å². The number of carbonyl (C=O) groups excluding carboxylic acids is 4. The Balaban J connectivity index is 1.41. The lowest BCUT2D eigenvalue weighted by Crippen LogP contribution is -2.44. The molecule has 1 atom stereocenters. The normalized spacial score (nSPS) is 18.8. The molecule has 8 nitrogen and oxygen atoms in total. The van der Waals surface area contributed by atoms with Crippen LogP contribution >= 0.6 is 0 Å². The maximum atomic E-state index is 12.5. The fraction of sp³-hybridized carbons (Fsp3) is 0.500. The van der Waals surface area contributed by atoms with E-state index < -0.39 is 29.6 Å². The van der Waals surface area contributed by atoms with Crippen molar-refractivity contribution >= 4 is 29.5 Å². The van der Waals surface area contributed by atoms with Crippen LogP contribution in [0.3, 0.4) is 0 Å². The molecular weight excluding hydrogens is 362 g/mol. The zero-order valence-corrected chi connectivity index (χ0v) is 15.9. The summed E-state index contributed by atoms with van der Waals surface area (Å²) in [6.45, 7) is 1.66. The molecule has 1 aliphatic carbocycles. The highest BCUT2D eigenvalue weighted by Crippen LogP contribution is 2.35. The number of benzene rings is 1. The fourth-order valence-corrected chi connectivity index (χ4v) is 3.65. The van der Waals surface area contributed by atoms with E-state index in [1.54, 1.807) is 24.3 Å². The minimum atomic E-state index is -0.939. The summed E-state index contributed by atoms with van der Waals surface area (Å²) in [5, 5.41) is 5.47. The van der Waals surface area contributed by atoms with Gasteiger partial charge in [0.2, 0.25) is 0 Å². The first kappa shape index (κ1) is 19.9. The molecule has 1 heterocycles. The van der Waals surface area contributed by atoms with Crippen molar-refractivity contribution < 1.29 is 23.9 Å². The van der Waals surface area contributed by atoms with Gasteiger partial charge in [-0.15, -0.1) is 0 Å². The number of carbonyl (C=O) groups is 4. The number of hydrogen-bond donors (Lipinski definition) is 2. The van der Waals surface area contributed by atoms with Gasteiger partial charge in [0.15, 0.2) is 6.10 Å². The third-order valence-corrected chi connectivity index (χ3v) is 5.18. The van der Waals surface area contributed by atoms with Crippen LogP contribution in [-0.4, -0.2) is 46.9 Å². The second kappa shape index (κ2) is 8.41. The summed E-state index contributed by atoms with van der Waals surface area (Å²) in [6, 6.07) is 8.49. The number of rotatable bonds is 7. The van der Waals surface area contributed by atoms with E-state index in [0.29, 0.717) is 24.9 Å². The first-order valence-electron chi connectivity index (χ1n) is 9.61. The van der Waals surface area contributed by atoms with Crippen LogP contribution in [0.25, 0.3) is 0 Å². The van der Waals surface area contributed by atoms with E-state index in [2.05, 4.69) is 10.6 Å². The molecule has 1 aliphatic heterocycles. The van der Waals surface area contributed by atoms with E-state index >= 15 is 0 Å². The van der Waals surface area contributed by atoms with Crippen LogP contribution in [0.1, 0.15) is 45.4 Å². The summed E-state index contributed by atoms with van der Waals surface area (Å²) in [5.41, 5.74) is -0.114. The van der Waals surface area contributed by atoms with Gasteiger partial charge in [-0.2, -0.15) is 0 Å². The lowest BCUT2D eigenvalue weighted by molar-refractivity contribution is -0.153. The van der Waals surface area contributed by atoms with Crippen molar-refractivity contribution in [3.63, 3.8) is 0 Å². The number of ether oxygens (including phenoxy) is 1. The zero-order valence-electron chi connectivity index (χ0n) is 15.9. The lowest BCUT2D eigenvalue weighted by Gasteiger charge is -2.20. The van der Waals surface area contributed by atoms with Gasteiger partial charge in [-0.3, -0.25) is 19.3 Å². The van der Waals surface area contributed by atoms with Crippen LogP contribution in [0, 0.1) is 0 Å². The minimum absolute atomic E-state index is 0.0209. The van der Waals surface area contributed by atoms with E-state index in [9.17, 15) is 19.2 Å². The zero-order chi connectivity index (χ0) is 20.1. The predicted molar refractivity (Wildman–Crippen MR) is 101 cm³/mol. The molecule has 4 amide bonds. The van der Waals surface area contributed by atoms with Gasteiger partial charge in [0.1, 0.15) is 5.54 Å². The smallest absolute Gasteiger partial charge is 0.325 e. The van der Waals surface area contributed by atoms with Gasteiger partial charge in [-0.25, -0.2) is 4.79 Å². The molecule has 0 radical (unpaired) electrons. The number of urea groups is 1. The first-order chi connectivity index (χ1) is 13.4. The average Bonchev–Trinajstić information content (AvgIpc) is 3.23. The Kier molecular flexibility index (Phi) is 5.96. The van der Waals surface area contributed by atoms with Gasteiger partial charge in [-0.1, -0.05) is 31.0 Å². The molecule has 8 heteroatoms. The van der Waals surface area contributed by atoms with Crippen molar-refractivity contribution in [1.82, 2.24) is 10.2 Å². The molecule has 0 aromatic heterocycles. The van der Waals surface area contributed by atoms with Crippen LogP contribution in [0.5, 0.6) is 0 Å². The Morgan fingerprint density at radius 3 is 2.57 bits per heavy atom. The number of amides is 4. The van der Waals surface area contributed by atoms with Gasteiger partial charge >= 0.3 is 12.0 Å². The fourth-order valence-electron chi connectivity index (χ4n) is 3.65. The third kappa shape index (κ3) is 4.32. The molecule has 150 valence electrons. The molecule has 1 aromatic carbocycles. The molecule has 1 saturated heterocycles. The van der Waals surface area contributed by atoms with Crippen LogP contribution in [-0.2, 0) is 19.1 Å². The van der Waals surface area contributed by atoms with E-state index in [0.717, 1.165) is 12.8 Å². The summed E-state index contributed by atoms with van der Waals surface area (Å²) < 4.78 is 5.14. The highest BCUT2D eigenvalue weighted by Gasteiger charge is 2.52. The number of para-hydroxylation sites is 1. The van der Waals surface area contributed by atoms with E-state index in [1.165, 1.54) is 11.8 Å². The van der Waals surface area contributed by atoms with Crippen LogP contribution in [0.2, 0.25) is 0 Å². The van der Waals surface area contributed by atoms with Crippen molar-refractivity contribution in [3.05, 3.63) is 30.3 Å². The standard InChI is InChI=1S/C20H25N3O5/c1-14(17(25)21-15-8-3-2-4-9-15)28-16(24)10-7-13-23-18(26)20(22-19(23)27)11-5-6-12-20/h2-4,8-9,14H,5-7,10-13H2,1H3,(H,21,25)(H,22,27). The first-order valence-corrected chi connectivity index (χ1v) is 9.61. The van der Waals surface area contributed by atoms with Crippen molar-refractivity contribution in [2.24, 2.45) is 0 Å². The van der Waals surface area contributed by atoms with Crippen LogP contribution in [0.15, 0.2) is 30.3 Å². The quantitative estimate of drug-likeness (QED) is 0.551. The average molecular weight is 387 g/mol. The molecular formula is C20H25N3O5. The summed E-state index contributed by atoms with van der Waals surface area (Å²) >= 11 is 0. The topological polar surface area (TPSA) is 105 Å². The maximum Gasteiger partial charge on any atom is 0.325 e. The summed E-state index contributed by atoms with van der Waals surface area (Å²) in [4.78, 5) is 49.9. The van der Waals surface area contributed by atoms with Gasteiger partial charge < -0.3 is 15.4 Å². The van der Waals surface area contributed by atoms with Crippen molar-refractivity contribution in [1.29, 1.82) is 0 Å². The molecule has 1 saturated carbocycles. The summed E-state index contributed by atoms with van der Waals surface area (Å²) in [7, 11) is 0. The maximum absolute atomic E-state index is 12.5. The van der Waals surface area contributed by atoms with Gasteiger partial charge in [-0.05, 0) is 38.3 Å². The largest absolute Gasteiger partial charge is 0.453 e. The van der Waals surface area contributed by atoms with E-state index in [4.69, 9.17) is 4.74 Å². The molecule has 1 aromatic rings. The molecule has 2 aliphatic rings. The molecule has 28 heavy (non-hydrogen) atoms. The highest BCUT2D eigenvalue weighted by atomic mass is 16.5. The SMILES string of the molecule is CC(OC(=O)CCCN1C(=O)NC2(CCCC2)C1=O)C(=O)Nc1ccccc1. The number of nitrogens with zero attached hydrogens (tertiary/aromatic N) is 1. The Bertz CT molecular complexity index is 758. The Labute approximate surface area is 163 Å². The predicted octanol–water partition coefficient (Wildman–Crippen LogP) is 2.20. The number of anilines is 1. The second-order valence-corrected chi connectivity index (χ2v) is 7.27. The van der Waals surface area contributed by atoms with Crippen molar-refractivity contribution in [2.45, 2.75) is 57.1 Å². The van der Waals surface area contributed by atoms with E-state index in [1.807, 2.05) is 6.07 Å². The minimum Gasteiger partial charge on any atom is -0.453 e. The molecule has 1 unspecified atom stereocenters. The highest BCUT2D eigenvalue weighted by molar-refractivity contribution is 6.07. The number of hydrogen-bond acceptors (Lipinski definition) is 5. The second-order valence-electron chi connectivity index (χ2n) is 7.27. The Morgan fingerprint density at radius 1 is 1.21 bits per heavy atom. The monoisotopic (exact) mass is 387 g/mol. The number of imide groups is 1. The third-order valence-electron chi connectivity index (χ3n) is 5.18. The molecule has 2 N–H and O–H groups in total. The Morgan fingerprint density at radius 2 is 1.89 bits per heavy atom. The van der Waals surface area contributed by atoms with E-state index in [-0.39, 0.29) is 18.9 Å². The molecule has 0 bridgehead atoms. The van der Waals surface area contributed by atoms with Gasteiger partial charge in [0.25, 0.3) is 11.8 Å². The summed E-state index contributed by atoms with van der Waals surface area (Å²) in [5.74, 6) is -1.16. The van der Waals surface area contributed by atoms with Crippen molar-refractivity contribution in [2.75, 3.05) is 11.9 Å². The summed E-state index contributed by atoms with van der Waals surface area (Å²) in [6.07, 6.45) is 2.57. The lowest BCUT2D eigenvalue weighted by atomic mass is 9.98. The molecule has 1 spiro atoms. The molecule has 3 rings (SSSR count). The number of esters is 1.